The lowest BCUT2D eigenvalue weighted by Gasteiger charge is -2.36. The van der Waals surface area contributed by atoms with Crippen LogP contribution in [0.2, 0.25) is 0 Å². The van der Waals surface area contributed by atoms with Gasteiger partial charge in [-0.3, -0.25) is 9.59 Å². The van der Waals surface area contributed by atoms with Gasteiger partial charge in [-0.05, 0) is 67.6 Å². The fourth-order valence-electron chi connectivity index (χ4n) is 4.16. The Bertz CT molecular complexity index is 864. The molecular weight excluding hydrogens is 364 g/mol. The number of amides is 2. The van der Waals surface area contributed by atoms with E-state index in [9.17, 15) is 9.59 Å². The Morgan fingerprint density at radius 3 is 2.17 bits per heavy atom. The fourth-order valence-corrected chi connectivity index (χ4v) is 4.16. The summed E-state index contributed by atoms with van der Waals surface area (Å²) in [6.07, 6.45) is 7.05. The standard InChI is InChI=1S/C24H28N2O3/c1-29-21-13-7-18(8-14-21)24(15-3-2-4-16-24)23(28)26-20-9-5-17(6-10-20)22(27)25-19-11-12-19/h5-10,13-14,19H,2-4,11-12,15-16H2,1H3,(H,25,27)(H,26,28). The first-order valence-electron chi connectivity index (χ1n) is 10.5. The summed E-state index contributed by atoms with van der Waals surface area (Å²) >= 11 is 0. The summed E-state index contributed by atoms with van der Waals surface area (Å²) in [6.45, 7) is 0. The smallest absolute Gasteiger partial charge is 0.251 e. The van der Waals surface area contributed by atoms with Crippen molar-refractivity contribution in [1.29, 1.82) is 0 Å². The number of anilines is 1. The Hall–Kier alpha value is -2.82. The van der Waals surface area contributed by atoms with Crippen molar-refractivity contribution in [1.82, 2.24) is 5.32 Å². The highest BCUT2D eigenvalue weighted by Gasteiger charge is 2.41. The summed E-state index contributed by atoms with van der Waals surface area (Å²) < 4.78 is 5.27. The molecule has 0 unspecified atom stereocenters. The molecule has 0 spiro atoms. The third kappa shape index (κ3) is 4.29. The van der Waals surface area contributed by atoms with Crippen molar-refractivity contribution in [3.8, 4) is 5.75 Å². The van der Waals surface area contributed by atoms with Gasteiger partial charge in [-0.15, -0.1) is 0 Å². The Kier molecular flexibility index (Phi) is 5.56. The van der Waals surface area contributed by atoms with Crippen molar-refractivity contribution in [3.05, 3.63) is 59.7 Å². The monoisotopic (exact) mass is 392 g/mol. The molecule has 0 atom stereocenters. The van der Waals surface area contributed by atoms with E-state index in [1.165, 1.54) is 0 Å². The molecule has 0 aromatic heterocycles. The van der Waals surface area contributed by atoms with Crippen molar-refractivity contribution in [2.45, 2.75) is 56.4 Å². The first kappa shape index (κ1) is 19.5. The predicted octanol–water partition coefficient (Wildman–Crippen LogP) is 4.43. The van der Waals surface area contributed by atoms with Gasteiger partial charge < -0.3 is 15.4 Å². The summed E-state index contributed by atoms with van der Waals surface area (Å²) in [5.41, 5.74) is 1.86. The minimum atomic E-state index is -0.521. The van der Waals surface area contributed by atoms with Gasteiger partial charge in [-0.2, -0.15) is 0 Å². The maximum Gasteiger partial charge on any atom is 0.251 e. The molecule has 5 heteroatoms. The van der Waals surface area contributed by atoms with E-state index < -0.39 is 5.41 Å². The normalized spacial score (nSPS) is 18.0. The molecule has 2 aromatic carbocycles. The number of carbonyl (C=O) groups is 2. The van der Waals surface area contributed by atoms with E-state index in [1.807, 2.05) is 36.4 Å². The van der Waals surface area contributed by atoms with Gasteiger partial charge in [0, 0.05) is 17.3 Å². The van der Waals surface area contributed by atoms with Crippen LogP contribution in [0.1, 0.15) is 60.9 Å². The van der Waals surface area contributed by atoms with Crippen LogP contribution < -0.4 is 15.4 Å². The van der Waals surface area contributed by atoms with Crippen LogP contribution in [0.25, 0.3) is 0 Å². The second-order valence-corrected chi connectivity index (χ2v) is 8.15. The van der Waals surface area contributed by atoms with Crippen LogP contribution in [-0.4, -0.2) is 25.0 Å². The summed E-state index contributed by atoms with van der Waals surface area (Å²) in [7, 11) is 1.65. The molecule has 2 amide bonds. The molecule has 29 heavy (non-hydrogen) atoms. The Morgan fingerprint density at radius 2 is 1.59 bits per heavy atom. The maximum atomic E-state index is 13.4. The fraction of sp³-hybridized carbons (Fsp3) is 0.417. The number of hydrogen-bond acceptors (Lipinski definition) is 3. The molecule has 0 bridgehead atoms. The summed E-state index contributed by atoms with van der Waals surface area (Å²) in [5.74, 6) is 0.769. The Balaban J connectivity index is 1.51. The van der Waals surface area contributed by atoms with Gasteiger partial charge in [0.1, 0.15) is 5.75 Å². The second kappa shape index (κ2) is 8.27. The highest BCUT2D eigenvalue weighted by atomic mass is 16.5. The van der Waals surface area contributed by atoms with E-state index in [0.717, 1.165) is 61.9 Å². The van der Waals surface area contributed by atoms with E-state index in [1.54, 1.807) is 19.2 Å². The number of hydrogen-bond donors (Lipinski definition) is 2. The zero-order valence-electron chi connectivity index (χ0n) is 16.9. The first-order valence-corrected chi connectivity index (χ1v) is 10.5. The largest absolute Gasteiger partial charge is 0.497 e. The van der Waals surface area contributed by atoms with Crippen molar-refractivity contribution >= 4 is 17.5 Å². The molecule has 0 aliphatic heterocycles. The number of methoxy groups -OCH3 is 1. The molecule has 2 aromatic rings. The molecule has 2 N–H and O–H groups in total. The molecular formula is C24H28N2O3. The minimum absolute atomic E-state index is 0.0255. The molecule has 152 valence electrons. The lowest BCUT2D eigenvalue weighted by atomic mass is 9.68. The van der Waals surface area contributed by atoms with E-state index in [-0.39, 0.29) is 11.8 Å². The molecule has 2 fully saturated rings. The van der Waals surface area contributed by atoms with Crippen LogP contribution >= 0.6 is 0 Å². The number of nitrogens with one attached hydrogen (secondary N) is 2. The van der Waals surface area contributed by atoms with Crippen LogP contribution in [-0.2, 0) is 10.2 Å². The van der Waals surface area contributed by atoms with Gasteiger partial charge in [0.15, 0.2) is 0 Å². The molecule has 0 saturated heterocycles. The van der Waals surface area contributed by atoms with Crippen molar-refractivity contribution in [3.63, 3.8) is 0 Å². The molecule has 2 saturated carbocycles. The summed E-state index contributed by atoms with van der Waals surface area (Å²) in [6, 6.07) is 15.4. The third-order valence-corrected chi connectivity index (χ3v) is 6.10. The first-order chi connectivity index (χ1) is 14.1. The Morgan fingerprint density at radius 1 is 0.931 bits per heavy atom. The predicted molar refractivity (Wildman–Crippen MR) is 113 cm³/mol. The number of carbonyl (C=O) groups excluding carboxylic acids is 2. The molecule has 0 heterocycles. The summed E-state index contributed by atoms with van der Waals surface area (Å²) in [5, 5.41) is 6.08. The van der Waals surface area contributed by atoms with Crippen LogP contribution in [0.15, 0.2) is 48.5 Å². The average Bonchev–Trinajstić information content (AvgIpc) is 3.58. The highest BCUT2D eigenvalue weighted by Crippen LogP contribution is 2.41. The van der Waals surface area contributed by atoms with Crippen molar-refractivity contribution in [2.24, 2.45) is 0 Å². The van der Waals surface area contributed by atoms with E-state index in [2.05, 4.69) is 10.6 Å². The van der Waals surface area contributed by atoms with Gasteiger partial charge >= 0.3 is 0 Å². The zero-order valence-corrected chi connectivity index (χ0v) is 16.9. The van der Waals surface area contributed by atoms with E-state index >= 15 is 0 Å². The van der Waals surface area contributed by atoms with Crippen LogP contribution in [0.5, 0.6) is 5.75 Å². The molecule has 4 rings (SSSR count). The average molecular weight is 392 g/mol. The number of ether oxygens (including phenoxy) is 1. The lowest BCUT2D eigenvalue weighted by Crippen LogP contribution is -2.42. The lowest BCUT2D eigenvalue weighted by molar-refractivity contribution is -0.122. The molecule has 5 nitrogen and oxygen atoms in total. The van der Waals surface area contributed by atoms with Crippen LogP contribution in [0.3, 0.4) is 0 Å². The molecule has 2 aliphatic carbocycles. The van der Waals surface area contributed by atoms with Crippen LogP contribution in [0.4, 0.5) is 5.69 Å². The molecule has 2 aliphatic rings. The number of benzene rings is 2. The van der Waals surface area contributed by atoms with Gasteiger partial charge in [0.05, 0.1) is 12.5 Å². The zero-order chi connectivity index (χ0) is 20.3. The van der Waals surface area contributed by atoms with E-state index in [4.69, 9.17) is 4.74 Å². The number of rotatable bonds is 6. The van der Waals surface area contributed by atoms with Crippen molar-refractivity contribution < 1.29 is 14.3 Å². The van der Waals surface area contributed by atoms with Gasteiger partial charge in [-0.1, -0.05) is 31.4 Å². The topological polar surface area (TPSA) is 67.4 Å². The van der Waals surface area contributed by atoms with Gasteiger partial charge in [-0.25, -0.2) is 0 Å². The second-order valence-electron chi connectivity index (χ2n) is 8.15. The maximum absolute atomic E-state index is 13.4. The Labute approximate surface area is 171 Å². The van der Waals surface area contributed by atoms with Crippen LogP contribution in [0, 0.1) is 0 Å². The quantitative estimate of drug-likeness (QED) is 0.764. The minimum Gasteiger partial charge on any atom is -0.497 e. The molecule has 0 radical (unpaired) electrons. The van der Waals surface area contributed by atoms with Gasteiger partial charge in [0.25, 0.3) is 5.91 Å². The highest BCUT2D eigenvalue weighted by molar-refractivity contribution is 6.00. The van der Waals surface area contributed by atoms with Gasteiger partial charge in [0.2, 0.25) is 5.91 Å². The summed E-state index contributed by atoms with van der Waals surface area (Å²) in [4.78, 5) is 25.6. The van der Waals surface area contributed by atoms with Crippen molar-refractivity contribution in [2.75, 3.05) is 12.4 Å². The SMILES string of the molecule is COc1ccc(C2(C(=O)Nc3ccc(C(=O)NC4CC4)cc3)CCCCC2)cc1. The van der Waals surface area contributed by atoms with E-state index in [0.29, 0.717) is 11.6 Å². The third-order valence-electron chi connectivity index (χ3n) is 6.10.